The van der Waals surface area contributed by atoms with Gasteiger partial charge in [-0.05, 0) is 36.1 Å². The number of nitrogens with zero attached hydrogens (tertiary/aromatic N) is 1. The second-order valence-electron chi connectivity index (χ2n) is 7.12. The number of hydrogen-bond donors (Lipinski definition) is 3. The van der Waals surface area contributed by atoms with Gasteiger partial charge in [-0.2, -0.15) is 0 Å². The molecule has 1 fully saturated rings. The SMILES string of the molecule is N=C(NCc1ccc(Cl)cc1)C(=O)N1CCC(C(=O)NCc2ccccc2)CC1. The van der Waals surface area contributed by atoms with Gasteiger partial charge in [-0.3, -0.25) is 15.0 Å². The van der Waals surface area contributed by atoms with Crippen molar-refractivity contribution in [2.24, 2.45) is 5.92 Å². The maximum Gasteiger partial charge on any atom is 0.288 e. The Hall–Kier alpha value is -2.86. The zero-order valence-electron chi connectivity index (χ0n) is 16.2. The lowest BCUT2D eigenvalue weighted by Gasteiger charge is -2.31. The number of nitrogens with one attached hydrogen (secondary N) is 3. The van der Waals surface area contributed by atoms with Crippen LogP contribution in [0, 0.1) is 11.3 Å². The van der Waals surface area contributed by atoms with E-state index in [9.17, 15) is 9.59 Å². The summed E-state index contributed by atoms with van der Waals surface area (Å²) in [6, 6.07) is 17.0. The highest BCUT2D eigenvalue weighted by Crippen LogP contribution is 2.18. The molecule has 1 aliphatic heterocycles. The first kappa shape index (κ1) is 20.9. The van der Waals surface area contributed by atoms with Crippen LogP contribution in [-0.2, 0) is 22.7 Å². The molecule has 0 bridgehead atoms. The van der Waals surface area contributed by atoms with Crippen molar-refractivity contribution in [3.8, 4) is 0 Å². The van der Waals surface area contributed by atoms with Crippen molar-refractivity contribution in [3.05, 3.63) is 70.7 Å². The lowest BCUT2D eigenvalue weighted by molar-refractivity contribution is -0.131. The quantitative estimate of drug-likeness (QED) is 0.521. The first-order valence-electron chi connectivity index (χ1n) is 9.70. The maximum absolute atomic E-state index is 12.5. The summed E-state index contributed by atoms with van der Waals surface area (Å²) in [4.78, 5) is 26.5. The topological polar surface area (TPSA) is 85.3 Å². The van der Waals surface area contributed by atoms with E-state index in [-0.39, 0.29) is 23.6 Å². The van der Waals surface area contributed by atoms with Crippen LogP contribution < -0.4 is 10.6 Å². The molecule has 152 valence electrons. The van der Waals surface area contributed by atoms with Gasteiger partial charge < -0.3 is 15.5 Å². The molecule has 0 saturated carbocycles. The van der Waals surface area contributed by atoms with E-state index >= 15 is 0 Å². The van der Waals surface area contributed by atoms with Crippen LogP contribution >= 0.6 is 11.6 Å². The molecule has 2 aromatic carbocycles. The molecule has 29 heavy (non-hydrogen) atoms. The number of piperidine rings is 1. The van der Waals surface area contributed by atoms with E-state index in [1.165, 1.54) is 0 Å². The molecule has 1 saturated heterocycles. The lowest BCUT2D eigenvalue weighted by atomic mass is 9.95. The van der Waals surface area contributed by atoms with Crippen molar-refractivity contribution in [2.75, 3.05) is 13.1 Å². The average Bonchev–Trinajstić information content (AvgIpc) is 2.77. The standard InChI is InChI=1S/C22H25ClN4O2/c23-19-8-6-17(7-9-19)14-25-20(24)22(29)27-12-10-18(11-13-27)21(28)26-15-16-4-2-1-3-5-16/h1-9,18H,10-15H2,(H2,24,25)(H,26,28). The Morgan fingerprint density at radius 3 is 2.17 bits per heavy atom. The van der Waals surface area contributed by atoms with Crippen molar-refractivity contribution >= 4 is 29.3 Å². The molecule has 0 unspecified atom stereocenters. The molecule has 0 aromatic heterocycles. The second kappa shape index (κ2) is 10.1. The van der Waals surface area contributed by atoms with Gasteiger partial charge in [-0.1, -0.05) is 54.1 Å². The average molecular weight is 413 g/mol. The number of halogens is 1. The van der Waals surface area contributed by atoms with Gasteiger partial charge in [0.2, 0.25) is 5.91 Å². The minimum absolute atomic E-state index is 0.0249. The summed E-state index contributed by atoms with van der Waals surface area (Å²) < 4.78 is 0. The summed E-state index contributed by atoms with van der Waals surface area (Å²) in [6.07, 6.45) is 1.22. The molecule has 3 rings (SSSR count). The molecule has 2 amide bonds. The molecule has 2 aromatic rings. The van der Waals surface area contributed by atoms with Gasteiger partial charge in [0.15, 0.2) is 5.84 Å². The first-order valence-corrected chi connectivity index (χ1v) is 10.1. The van der Waals surface area contributed by atoms with Gasteiger partial charge >= 0.3 is 0 Å². The van der Waals surface area contributed by atoms with Crippen LogP contribution in [0.5, 0.6) is 0 Å². The third kappa shape index (κ3) is 6.06. The highest BCUT2D eigenvalue weighted by Gasteiger charge is 2.28. The Kier molecular flexibility index (Phi) is 7.25. The molecular formula is C22H25ClN4O2. The fourth-order valence-corrected chi connectivity index (χ4v) is 3.43. The minimum Gasteiger partial charge on any atom is -0.362 e. The smallest absolute Gasteiger partial charge is 0.288 e. The van der Waals surface area contributed by atoms with Gasteiger partial charge in [0.05, 0.1) is 0 Å². The molecule has 1 heterocycles. The lowest BCUT2D eigenvalue weighted by Crippen LogP contribution is -2.47. The molecular weight excluding hydrogens is 388 g/mol. The van der Waals surface area contributed by atoms with Crippen LogP contribution in [0.4, 0.5) is 0 Å². The monoisotopic (exact) mass is 412 g/mol. The number of hydrogen-bond acceptors (Lipinski definition) is 3. The van der Waals surface area contributed by atoms with E-state index < -0.39 is 0 Å². The number of amides is 2. The van der Waals surface area contributed by atoms with Crippen LogP contribution in [0.3, 0.4) is 0 Å². The summed E-state index contributed by atoms with van der Waals surface area (Å²) in [6.45, 7) is 1.86. The van der Waals surface area contributed by atoms with E-state index in [1.54, 1.807) is 17.0 Å². The fourth-order valence-electron chi connectivity index (χ4n) is 3.30. The third-order valence-electron chi connectivity index (χ3n) is 5.06. The summed E-state index contributed by atoms with van der Waals surface area (Å²) in [7, 11) is 0. The number of likely N-dealkylation sites (tertiary alicyclic amines) is 1. The molecule has 6 nitrogen and oxygen atoms in total. The maximum atomic E-state index is 12.5. The molecule has 7 heteroatoms. The van der Waals surface area contributed by atoms with Crippen molar-refractivity contribution in [1.82, 2.24) is 15.5 Å². The van der Waals surface area contributed by atoms with Crippen molar-refractivity contribution in [1.29, 1.82) is 5.41 Å². The Morgan fingerprint density at radius 2 is 1.52 bits per heavy atom. The van der Waals surface area contributed by atoms with Crippen molar-refractivity contribution < 1.29 is 9.59 Å². The number of amidine groups is 1. The predicted molar refractivity (Wildman–Crippen MR) is 114 cm³/mol. The summed E-state index contributed by atoms with van der Waals surface area (Å²) in [5.41, 5.74) is 2.01. The zero-order chi connectivity index (χ0) is 20.6. The Balaban J connectivity index is 1.40. The van der Waals surface area contributed by atoms with E-state index in [1.807, 2.05) is 42.5 Å². The first-order chi connectivity index (χ1) is 14.0. The van der Waals surface area contributed by atoms with Gasteiger partial charge in [0.1, 0.15) is 0 Å². The molecule has 0 aliphatic carbocycles. The minimum atomic E-state index is -0.331. The fraction of sp³-hybridized carbons (Fsp3) is 0.318. The largest absolute Gasteiger partial charge is 0.362 e. The molecule has 1 aliphatic rings. The Morgan fingerprint density at radius 1 is 0.931 bits per heavy atom. The molecule has 0 radical (unpaired) electrons. The van der Waals surface area contributed by atoms with Crippen LogP contribution in [0.15, 0.2) is 54.6 Å². The zero-order valence-corrected chi connectivity index (χ0v) is 16.9. The van der Waals surface area contributed by atoms with Gasteiger partial charge in [-0.25, -0.2) is 0 Å². The molecule has 3 N–H and O–H groups in total. The summed E-state index contributed by atoms with van der Waals surface area (Å²) >= 11 is 5.86. The highest BCUT2D eigenvalue weighted by atomic mass is 35.5. The van der Waals surface area contributed by atoms with E-state index in [0.29, 0.717) is 44.0 Å². The highest BCUT2D eigenvalue weighted by molar-refractivity contribution is 6.36. The van der Waals surface area contributed by atoms with E-state index in [0.717, 1.165) is 11.1 Å². The molecule has 0 atom stereocenters. The Labute approximate surface area is 175 Å². The normalized spacial score (nSPS) is 14.3. The van der Waals surface area contributed by atoms with E-state index in [2.05, 4.69) is 10.6 Å². The van der Waals surface area contributed by atoms with Crippen molar-refractivity contribution in [2.45, 2.75) is 25.9 Å². The van der Waals surface area contributed by atoms with Crippen LogP contribution in [0.1, 0.15) is 24.0 Å². The van der Waals surface area contributed by atoms with E-state index in [4.69, 9.17) is 17.0 Å². The van der Waals surface area contributed by atoms with Gasteiger partial charge in [0, 0.05) is 37.1 Å². The molecule has 0 spiro atoms. The predicted octanol–water partition coefficient (Wildman–Crippen LogP) is 2.96. The Bertz CT molecular complexity index is 847. The van der Waals surface area contributed by atoms with Gasteiger partial charge in [0.25, 0.3) is 5.91 Å². The van der Waals surface area contributed by atoms with Gasteiger partial charge in [-0.15, -0.1) is 0 Å². The van der Waals surface area contributed by atoms with Crippen LogP contribution in [-0.4, -0.2) is 35.6 Å². The summed E-state index contributed by atoms with van der Waals surface area (Å²) in [5, 5.41) is 14.5. The van der Waals surface area contributed by atoms with Crippen LogP contribution in [0.25, 0.3) is 0 Å². The number of rotatable bonds is 5. The van der Waals surface area contributed by atoms with Crippen LogP contribution in [0.2, 0.25) is 5.02 Å². The second-order valence-corrected chi connectivity index (χ2v) is 7.56. The number of benzene rings is 2. The number of carbonyl (C=O) groups is 2. The summed E-state index contributed by atoms with van der Waals surface area (Å²) in [5.74, 6) is -0.537. The third-order valence-corrected chi connectivity index (χ3v) is 5.31. The van der Waals surface area contributed by atoms with Crippen molar-refractivity contribution in [3.63, 3.8) is 0 Å². The number of carbonyl (C=O) groups excluding carboxylic acids is 2.